The summed E-state index contributed by atoms with van der Waals surface area (Å²) in [6, 6.07) is 13.5. The molecular weight excluding hydrogens is 262 g/mol. The van der Waals surface area contributed by atoms with E-state index in [0.717, 1.165) is 25.6 Å². The average molecular weight is 281 g/mol. The predicted octanol–water partition coefficient (Wildman–Crippen LogP) is 1.52. The summed E-state index contributed by atoms with van der Waals surface area (Å²) in [6.07, 6.45) is 2.94. The van der Waals surface area contributed by atoms with Crippen LogP contribution in [-0.4, -0.2) is 40.0 Å². The van der Waals surface area contributed by atoms with E-state index in [1.54, 1.807) is 12.3 Å². The number of nitrogens with two attached hydrogens (primary N) is 1. The second-order valence-electron chi connectivity index (χ2n) is 5.89. The van der Waals surface area contributed by atoms with Gasteiger partial charge >= 0.3 is 0 Å². The maximum atomic E-state index is 5.77. The van der Waals surface area contributed by atoms with Gasteiger partial charge in [0, 0.05) is 37.9 Å². The molecule has 2 N–H and O–H groups in total. The van der Waals surface area contributed by atoms with E-state index >= 15 is 0 Å². The minimum atomic E-state index is 0.514. The number of aromatic nitrogens is 2. The third kappa shape index (κ3) is 2.34. The van der Waals surface area contributed by atoms with Crippen LogP contribution in [0.5, 0.6) is 0 Å². The zero-order chi connectivity index (χ0) is 14.2. The van der Waals surface area contributed by atoms with Crippen LogP contribution in [0.15, 0.2) is 42.6 Å². The molecule has 1 aromatic heterocycles. The van der Waals surface area contributed by atoms with Crippen LogP contribution in [-0.2, 0) is 6.54 Å². The molecule has 0 aliphatic carbocycles. The van der Waals surface area contributed by atoms with Crippen molar-refractivity contribution in [1.82, 2.24) is 14.9 Å². The van der Waals surface area contributed by atoms with E-state index < -0.39 is 0 Å². The molecule has 108 valence electrons. The third-order valence-corrected chi connectivity index (χ3v) is 4.50. The molecule has 0 saturated carbocycles. The highest BCUT2D eigenvalue weighted by Gasteiger charge is 2.44. The minimum absolute atomic E-state index is 0.514. The van der Waals surface area contributed by atoms with Crippen LogP contribution in [0.25, 0.3) is 0 Å². The molecule has 0 amide bonds. The van der Waals surface area contributed by atoms with Gasteiger partial charge in [0.1, 0.15) is 5.82 Å². The Morgan fingerprint density at radius 1 is 1.10 bits per heavy atom. The van der Waals surface area contributed by atoms with Crippen molar-refractivity contribution in [2.24, 2.45) is 0 Å². The number of likely N-dealkylation sites (tertiary alicyclic amines) is 1. The first-order valence-electron chi connectivity index (χ1n) is 7.43. The van der Waals surface area contributed by atoms with E-state index in [1.165, 1.54) is 12.0 Å². The van der Waals surface area contributed by atoms with Crippen LogP contribution >= 0.6 is 0 Å². The van der Waals surface area contributed by atoms with E-state index in [-0.39, 0.29) is 0 Å². The Morgan fingerprint density at radius 2 is 1.95 bits per heavy atom. The van der Waals surface area contributed by atoms with E-state index in [4.69, 9.17) is 5.73 Å². The molecule has 2 aromatic rings. The summed E-state index contributed by atoms with van der Waals surface area (Å²) in [5.41, 5.74) is 7.15. The summed E-state index contributed by atoms with van der Waals surface area (Å²) in [5.74, 6) is 1.32. The van der Waals surface area contributed by atoms with Gasteiger partial charge in [-0.15, -0.1) is 0 Å². The smallest absolute Gasteiger partial charge is 0.227 e. The third-order valence-electron chi connectivity index (χ3n) is 4.50. The van der Waals surface area contributed by atoms with Crippen molar-refractivity contribution in [1.29, 1.82) is 0 Å². The monoisotopic (exact) mass is 281 g/mol. The lowest BCUT2D eigenvalue weighted by Gasteiger charge is -2.34. The summed E-state index contributed by atoms with van der Waals surface area (Å²) >= 11 is 0. The summed E-state index contributed by atoms with van der Waals surface area (Å²) < 4.78 is 0. The van der Waals surface area contributed by atoms with Gasteiger partial charge in [0.2, 0.25) is 5.95 Å². The highest BCUT2D eigenvalue weighted by Crippen LogP contribution is 2.33. The SMILES string of the molecule is Nc1ccnc(N2CC3CC2CN3Cc2ccccc2)n1. The molecule has 0 radical (unpaired) electrons. The zero-order valence-electron chi connectivity index (χ0n) is 11.9. The van der Waals surface area contributed by atoms with E-state index in [2.05, 4.69) is 50.1 Å². The Morgan fingerprint density at radius 3 is 2.67 bits per heavy atom. The lowest BCUT2D eigenvalue weighted by Crippen LogP contribution is -2.46. The van der Waals surface area contributed by atoms with Crippen molar-refractivity contribution in [3.63, 3.8) is 0 Å². The lowest BCUT2D eigenvalue weighted by molar-refractivity contribution is 0.229. The second-order valence-corrected chi connectivity index (χ2v) is 5.89. The van der Waals surface area contributed by atoms with Gasteiger partial charge in [-0.05, 0) is 18.1 Å². The number of hydrogen-bond donors (Lipinski definition) is 1. The van der Waals surface area contributed by atoms with E-state index in [1.807, 2.05) is 0 Å². The van der Waals surface area contributed by atoms with Gasteiger partial charge in [-0.1, -0.05) is 30.3 Å². The molecule has 2 aliphatic heterocycles. The first-order valence-corrected chi connectivity index (χ1v) is 7.43. The fraction of sp³-hybridized carbons (Fsp3) is 0.375. The number of piperazine rings is 1. The molecule has 4 rings (SSSR count). The number of benzene rings is 1. The van der Waals surface area contributed by atoms with Crippen molar-refractivity contribution in [2.75, 3.05) is 23.7 Å². The quantitative estimate of drug-likeness (QED) is 0.924. The van der Waals surface area contributed by atoms with Crippen LogP contribution < -0.4 is 10.6 Å². The minimum Gasteiger partial charge on any atom is -0.384 e. The van der Waals surface area contributed by atoms with E-state index in [9.17, 15) is 0 Å². The summed E-state index contributed by atoms with van der Waals surface area (Å²) in [6.45, 7) is 3.12. The number of rotatable bonds is 3. The molecule has 3 heterocycles. The molecule has 2 saturated heterocycles. The number of nitrogen functional groups attached to an aromatic ring is 1. The maximum absolute atomic E-state index is 5.77. The van der Waals surface area contributed by atoms with Crippen molar-refractivity contribution in [2.45, 2.75) is 25.0 Å². The highest BCUT2D eigenvalue weighted by atomic mass is 15.4. The average Bonchev–Trinajstić information content (AvgIpc) is 3.08. The fourth-order valence-corrected chi connectivity index (χ4v) is 3.51. The number of anilines is 2. The lowest BCUT2D eigenvalue weighted by atomic mass is 10.2. The van der Waals surface area contributed by atoms with Crippen LogP contribution in [0.2, 0.25) is 0 Å². The van der Waals surface area contributed by atoms with Crippen molar-refractivity contribution < 1.29 is 0 Å². The largest absolute Gasteiger partial charge is 0.384 e. The molecule has 0 spiro atoms. The Labute approximate surface area is 124 Å². The topological polar surface area (TPSA) is 58.3 Å². The Kier molecular flexibility index (Phi) is 3.00. The van der Waals surface area contributed by atoms with E-state index in [0.29, 0.717) is 17.9 Å². The first-order chi connectivity index (χ1) is 10.3. The molecule has 21 heavy (non-hydrogen) atoms. The molecule has 5 nitrogen and oxygen atoms in total. The number of hydrogen-bond acceptors (Lipinski definition) is 5. The number of nitrogens with zero attached hydrogens (tertiary/aromatic N) is 4. The fourth-order valence-electron chi connectivity index (χ4n) is 3.51. The van der Waals surface area contributed by atoms with Crippen molar-refractivity contribution >= 4 is 11.8 Å². The summed E-state index contributed by atoms with van der Waals surface area (Å²) in [7, 11) is 0. The Balaban J connectivity index is 1.46. The predicted molar refractivity (Wildman–Crippen MR) is 82.8 cm³/mol. The van der Waals surface area contributed by atoms with Gasteiger partial charge in [-0.3, -0.25) is 4.90 Å². The van der Waals surface area contributed by atoms with Crippen LogP contribution in [0.3, 0.4) is 0 Å². The van der Waals surface area contributed by atoms with Gasteiger partial charge in [0.25, 0.3) is 0 Å². The van der Waals surface area contributed by atoms with Gasteiger partial charge < -0.3 is 10.6 Å². The molecule has 2 unspecified atom stereocenters. The number of fused-ring (bicyclic) bond motifs is 2. The summed E-state index contributed by atoms with van der Waals surface area (Å²) in [5, 5.41) is 0. The molecule has 2 aliphatic rings. The Hall–Kier alpha value is -2.14. The molecule has 5 heteroatoms. The van der Waals surface area contributed by atoms with Crippen LogP contribution in [0.4, 0.5) is 11.8 Å². The van der Waals surface area contributed by atoms with Gasteiger partial charge in [0.05, 0.1) is 0 Å². The zero-order valence-corrected chi connectivity index (χ0v) is 11.9. The molecule has 2 fully saturated rings. The Bertz CT molecular complexity index is 630. The molecular formula is C16H19N5. The standard InChI is InChI=1S/C16H19N5/c17-15-6-7-18-16(19-15)21-11-13-8-14(21)10-20(13)9-12-4-2-1-3-5-12/h1-7,13-14H,8-11H2,(H2,17,18,19). The highest BCUT2D eigenvalue weighted by molar-refractivity contribution is 5.41. The molecule has 2 bridgehead atoms. The van der Waals surface area contributed by atoms with Crippen LogP contribution in [0, 0.1) is 0 Å². The van der Waals surface area contributed by atoms with Gasteiger partial charge in [-0.2, -0.15) is 4.98 Å². The molecule has 1 aromatic carbocycles. The van der Waals surface area contributed by atoms with Crippen molar-refractivity contribution in [3.05, 3.63) is 48.2 Å². The first kappa shape index (κ1) is 12.6. The van der Waals surface area contributed by atoms with Gasteiger partial charge in [-0.25, -0.2) is 4.98 Å². The molecule has 2 atom stereocenters. The normalized spacial score (nSPS) is 24.7. The van der Waals surface area contributed by atoms with Crippen molar-refractivity contribution in [3.8, 4) is 0 Å². The van der Waals surface area contributed by atoms with Crippen LogP contribution in [0.1, 0.15) is 12.0 Å². The summed E-state index contributed by atoms with van der Waals surface area (Å²) in [4.78, 5) is 13.6. The maximum Gasteiger partial charge on any atom is 0.227 e. The second kappa shape index (κ2) is 5.00. The van der Waals surface area contributed by atoms with Gasteiger partial charge in [0.15, 0.2) is 0 Å².